The number of allylic oxidation sites excluding steroid dienone is 2. The minimum absolute atomic E-state index is 0.149. The standard InChI is InChI=1S/C19H26O2/c1-3-5-15-7-9-16(10-8-15)17-11-13-18(14-12-17)21-19(20)6-4-2/h9,11-15H,3-8,10H2,1-2H3. The second-order valence-electron chi connectivity index (χ2n) is 5.91. The SMILES string of the molecule is CCCC(=O)Oc1ccc(C2=CCC(CCC)CC2)cc1. The van der Waals surface area contributed by atoms with E-state index in [9.17, 15) is 4.79 Å². The molecule has 1 atom stereocenters. The van der Waals surface area contributed by atoms with Crippen molar-refractivity contribution in [1.82, 2.24) is 0 Å². The molecule has 0 bridgehead atoms. The van der Waals surface area contributed by atoms with E-state index in [2.05, 4.69) is 25.1 Å². The van der Waals surface area contributed by atoms with E-state index in [0.29, 0.717) is 12.2 Å². The number of carbonyl (C=O) groups excluding carboxylic acids is 1. The maximum Gasteiger partial charge on any atom is 0.311 e. The molecule has 0 spiro atoms. The Hall–Kier alpha value is -1.57. The fourth-order valence-corrected chi connectivity index (χ4v) is 2.94. The van der Waals surface area contributed by atoms with Gasteiger partial charge in [0, 0.05) is 6.42 Å². The number of benzene rings is 1. The summed E-state index contributed by atoms with van der Waals surface area (Å²) in [7, 11) is 0. The van der Waals surface area contributed by atoms with Crippen LogP contribution in [-0.4, -0.2) is 5.97 Å². The molecule has 1 aliphatic rings. The Morgan fingerprint density at radius 1 is 1.19 bits per heavy atom. The Kier molecular flexibility index (Phi) is 6.04. The van der Waals surface area contributed by atoms with Crippen LogP contribution in [0.25, 0.3) is 5.57 Å². The zero-order valence-corrected chi connectivity index (χ0v) is 13.2. The molecule has 0 aliphatic heterocycles. The van der Waals surface area contributed by atoms with E-state index < -0.39 is 0 Å². The van der Waals surface area contributed by atoms with Gasteiger partial charge in [-0.3, -0.25) is 4.79 Å². The minimum Gasteiger partial charge on any atom is -0.427 e. The highest BCUT2D eigenvalue weighted by Gasteiger charge is 2.14. The lowest BCUT2D eigenvalue weighted by molar-refractivity contribution is -0.134. The van der Waals surface area contributed by atoms with E-state index >= 15 is 0 Å². The molecule has 21 heavy (non-hydrogen) atoms. The van der Waals surface area contributed by atoms with Crippen LogP contribution in [0.3, 0.4) is 0 Å². The first kappa shape index (κ1) is 15.8. The van der Waals surface area contributed by atoms with Gasteiger partial charge in [0.25, 0.3) is 0 Å². The molecule has 2 rings (SSSR count). The second-order valence-corrected chi connectivity index (χ2v) is 5.91. The maximum absolute atomic E-state index is 11.5. The third-order valence-corrected chi connectivity index (χ3v) is 4.13. The van der Waals surface area contributed by atoms with Gasteiger partial charge >= 0.3 is 5.97 Å². The van der Waals surface area contributed by atoms with Gasteiger partial charge in [0.2, 0.25) is 0 Å². The molecule has 114 valence electrons. The number of hydrogen-bond donors (Lipinski definition) is 0. The number of carbonyl (C=O) groups is 1. The van der Waals surface area contributed by atoms with E-state index in [1.165, 1.54) is 43.2 Å². The molecule has 1 unspecified atom stereocenters. The molecule has 0 heterocycles. The first-order chi connectivity index (χ1) is 10.2. The molecule has 2 nitrogen and oxygen atoms in total. The van der Waals surface area contributed by atoms with Crippen LogP contribution in [0, 0.1) is 5.92 Å². The first-order valence-corrected chi connectivity index (χ1v) is 8.23. The van der Waals surface area contributed by atoms with Crippen molar-refractivity contribution in [1.29, 1.82) is 0 Å². The topological polar surface area (TPSA) is 26.3 Å². The van der Waals surface area contributed by atoms with Gasteiger partial charge in [-0.25, -0.2) is 0 Å². The van der Waals surface area contributed by atoms with Crippen LogP contribution in [0.1, 0.15) is 64.4 Å². The van der Waals surface area contributed by atoms with Crippen LogP contribution in [0.4, 0.5) is 0 Å². The molecule has 0 amide bonds. The van der Waals surface area contributed by atoms with Crippen molar-refractivity contribution in [3.05, 3.63) is 35.9 Å². The molecule has 0 aromatic heterocycles. The van der Waals surface area contributed by atoms with Crippen molar-refractivity contribution in [2.24, 2.45) is 5.92 Å². The van der Waals surface area contributed by atoms with Gasteiger partial charge in [-0.05, 0) is 54.9 Å². The lowest BCUT2D eigenvalue weighted by Gasteiger charge is -2.21. The van der Waals surface area contributed by atoms with Gasteiger partial charge in [0.1, 0.15) is 5.75 Å². The van der Waals surface area contributed by atoms with Crippen molar-refractivity contribution in [3.8, 4) is 5.75 Å². The molecule has 0 saturated heterocycles. The van der Waals surface area contributed by atoms with Crippen molar-refractivity contribution in [2.45, 2.75) is 58.8 Å². The van der Waals surface area contributed by atoms with E-state index in [0.717, 1.165) is 12.3 Å². The van der Waals surface area contributed by atoms with E-state index in [4.69, 9.17) is 4.74 Å². The molecule has 1 aromatic carbocycles. The van der Waals surface area contributed by atoms with Crippen LogP contribution >= 0.6 is 0 Å². The molecule has 0 N–H and O–H groups in total. The average molecular weight is 286 g/mol. The zero-order chi connectivity index (χ0) is 15.1. The monoisotopic (exact) mass is 286 g/mol. The minimum atomic E-state index is -0.149. The van der Waals surface area contributed by atoms with Gasteiger partial charge in [-0.1, -0.05) is 44.9 Å². The summed E-state index contributed by atoms with van der Waals surface area (Å²) in [6, 6.07) is 7.95. The van der Waals surface area contributed by atoms with E-state index in [1.807, 2.05) is 19.1 Å². The molecular weight excluding hydrogens is 260 g/mol. The fraction of sp³-hybridized carbons (Fsp3) is 0.526. The highest BCUT2D eigenvalue weighted by Crippen LogP contribution is 2.32. The lowest BCUT2D eigenvalue weighted by Crippen LogP contribution is -2.07. The second kappa shape index (κ2) is 8.02. The van der Waals surface area contributed by atoms with Crippen LogP contribution in [0.15, 0.2) is 30.3 Å². The summed E-state index contributed by atoms with van der Waals surface area (Å²) in [6.07, 6.45) is 9.99. The molecular formula is C19H26O2. The molecule has 2 heteroatoms. The van der Waals surface area contributed by atoms with Crippen LogP contribution in [0.2, 0.25) is 0 Å². The highest BCUT2D eigenvalue weighted by molar-refractivity contribution is 5.73. The third-order valence-electron chi connectivity index (χ3n) is 4.13. The largest absolute Gasteiger partial charge is 0.427 e. The third kappa shape index (κ3) is 4.73. The highest BCUT2D eigenvalue weighted by atomic mass is 16.5. The summed E-state index contributed by atoms with van der Waals surface area (Å²) in [6.45, 7) is 4.24. The lowest BCUT2D eigenvalue weighted by atomic mass is 9.84. The van der Waals surface area contributed by atoms with Crippen molar-refractivity contribution in [3.63, 3.8) is 0 Å². The fourth-order valence-electron chi connectivity index (χ4n) is 2.94. The number of rotatable bonds is 6. The van der Waals surface area contributed by atoms with Gasteiger partial charge in [0.15, 0.2) is 0 Å². The zero-order valence-electron chi connectivity index (χ0n) is 13.2. The Bertz CT molecular complexity index is 485. The molecule has 0 radical (unpaired) electrons. The average Bonchev–Trinajstić information content (AvgIpc) is 2.49. The molecule has 1 aromatic rings. The molecule has 0 saturated carbocycles. The maximum atomic E-state index is 11.5. The van der Waals surface area contributed by atoms with Crippen LogP contribution in [0.5, 0.6) is 5.75 Å². The Morgan fingerprint density at radius 3 is 2.52 bits per heavy atom. The summed E-state index contributed by atoms with van der Waals surface area (Å²) >= 11 is 0. The summed E-state index contributed by atoms with van der Waals surface area (Å²) in [4.78, 5) is 11.5. The summed E-state index contributed by atoms with van der Waals surface area (Å²) in [5.41, 5.74) is 2.70. The molecule has 1 aliphatic carbocycles. The van der Waals surface area contributed by atoms with Gasteiger partial charge in [-0.15, -0.1) is 0 Å². The Balaban J connectivity index is 1.95. The number of hydrogen-bond acceptors (Lipinski definition) is 2. The van der Waals surface area contributed by atoms with Gasteiger partial charge < -0.3 is 4.74 Å². The van der Waals surface area contributed by atoms with Crippen LogP contribution in [-0.2, 0) is 4.79 Å². The summed E-state index contributed by atoms with van der Waals surface area (Å²) in [5.74, 6) is 1.37. The number of esters is 1. The van der Waals surface area contributed by atoms with Crippen molar-refractivity contribution >= 4 is 11.5 Å². The van der Waals surface area contributed by atoms with Gasteiger partial charge in [-0.2, -0.15) is 0 Å². The predicted molar refractivity (Wildman–Crippen MR) is 87.2 cm³/mol. The predicted octanol–water partition coefficient (Wildman–Crippen LogP) is 5.38. The summed E-state index contributed by atoms with van der Waals surface area (Å²) < 4.78 is 5.29. The smallest absolute Gasteiger partial charge is 0.311 e. The quantitative estimate of drug-likeness (QED) is 0.518. The summed E-state index contributed by atoms with van der Waals surface area (Å²) in [5, 5.41) is 0. The normalized spacial score (nSPS) is 18.2. The first-order valence-electron chi connectivity index (χ1n) is 8.23. The van der Waals surface area contributed by atoms with Crippen LogP contribution < -0.4 is 4.74 Å². The van der Waals surface area contributed by atoms with E-state index in [-0.39, 0.29) is 5.97 Å². The van der Waals surface area contributed by atoms with Crippen molar-refractivity contribution < 1.29 is 9.53 Å². The Morgan fingerprint density at radius 2 is 1.95 bits per heavy atom. The van der Waals surface area contributed by atoms with Crippen molar-refractivity contribution in [2.75, 3.05) is 0 Å². The number of ether oxygens (including phenoxy) is 1. The van der Waals surface area contributed by atoms with Gasteiger partial charge in [0.05, 0.1) is 0 Å². The Labute approximate surface area is 128 Å². The van der Waals surface area contributed by atoms with E-state index in [1.54, 1.807) is 0 Å². The molecule has 0 fully saturated rings.